The lowest BCUT2D eigenvalue weighted by atomic mass is 9.84. The molecule has 2 N–H and O–H groups in total. The summed E-state index contributed by atoms with van der Waals surface area (Å²) in [5.41, 5.74) is 8.02. The van der Waals surface area contributed by atoms with Gasteiger partial charge in [0.15, 0.2) is 0 Å². The van der Waals surface area contributed by atoms with Gasteiger partial charge in [-0.05, 0) is 48.9 Å². The Balaban J connectivity index is 2.15. The first-order valence-electron chi connectivity index (χ1n) is 7.87. The first-order valence-corrected chi connectivity index (χ1v) is 7.87. The maximum Gasteiger partial charge on any atom is 0.118 e. The summed E-state index contributed by atoms with van der Waals surface area (Å²) in [7, 11) is 3.92. The number of methoxy groups -OCH3 is 1. The Kier molecular flexibility index (Phi) is 4.64. The number of likely N-dealkylation sites (N-methyl/N-ethyl adjacent to an activating group) is 1. The van der Waals surface area contributed by atoms with Gasteiger partial charge in [-0.2, -0.15) is 0 Å². The van der Waals surface area contributed by atoms with Crippen LogP contribution in [0.2, 0.25) is 0 Å². The fraction of sp³-hybridized carbons (Fsp3) is 0.667. The third-order valence-electron chi connectivity index (χ3n) is 5.25. The van der Waals surface area contributed by atoms with Crippen molar-refractivity contribution in [2.45, 2.75) is 45.7 Å². The number of hydrogen-bond acceptors (Lipinski definition) is 3. The lowest BCUT2D eigenvalue weighted by Gasteiger charge is -2.42. The number of nitrogens with two attached hydrogens (primary N) is 1. The van der Waals surface area contributed by atoms with Crippen LogP contribution in [-0.4, -0.2) is 31.1 Å². The zero-order valence-corrected chi connectivity index (χ0v) is 14.1. The molecular formula is C18H30N2O. The van der Waals surface area contributed by atoms with Gasteiger partial charge in [-0.3, -0.25) is 4.90 Å². The summed E-state index contributed by atoms with van der Waals surface area (Å²) in [6.45, 7) is 8.74. The van der Waals surface area contributed by atoms with E-state index >= 15 is 0 Å². The quantitative estimate of drug-likeness (QED) is 0.904. The Hall–Kier alpha value is -1.06. The third-order valence-corrected chi connectivity index (χ3v) is 5.25. The minimum Gasteiger partial charge on any atom is -0.497 e. The van der Waals surface area contributed by atoms with Crippen molar-refractivity contribution in [3.63, 3.8) is 0 Å². The van der Waals surface area contributed by atoms with E-state index in [1.807, 2.05) is 12.1 Å². The second-order valence-electron chi connectivity index (χ2n) is 7.46. The molecule has 21 heavy (non-hydrogen) atoms. The van der Waals surface area contributed by atoms with Crippen LogP contribution >= 0.6 is 0 Å². The summed E-state index contributed by atoms with van der Waals surface area (Å²) in [5.74, 6) is 1.53. The van der Waals surface area contributed by atoms with Crippen LogP contribution in [0.25, 0.3) is 0 Å². The van der Waals surface area contributed by atoms with Gasteiger partial charge >= 0.3 is 0 Å². The Morgan fingerprint density at radius 2 is 1.90 bits per heavy atom. The molecule has 2 unspecified atom stereocenters. The second kappa shape index (κ2) is 5.98. The molecule has 0 aliphatic heterocycles. The van der Waals surface area contributed by atoms with Crippen LogP contribution in [0.1, 0.15) is 39.2 Å². The van der Waals surface area contributed by atoms with Gasteiger partial charge in [-0.25, -0.2) is 0 Å². The molecule has 2 rings (SSSR count). The van der Waals surface area contributed by atoms with Gasteiger partial charge in [0.25, 0.3) is 0 Å². The van der Waals surface area contributed by atoms with E-state index in [1.165, 1.54) is 18.4 Å². The molecule has 1 fully saturated rings. The minimum atomic E-state index is 0.115. The predicted octanol–water partition coefficient (Wildman–Crippen LogP) is 3.28. The fourth-order valence-corrected chi connectivity index (χ4v) is 4.20. The summed E-state index contributed by atoms with van der Waals surface area (Å²) in [4.78, 5) is 2.47. The predicted molar refractivity (Wildman–Crippen MR) is 88.4 cm³/mol. The van der Waals surface area contributed by atoms with Gasteiger partial charge in [0.05, 0.1) is 7.11 Å². The molecule has 1 saturated carbocycles. The largest absolute Gasteiger partial charge is 0.497 e. The first-order chi connectivity index (χ1) is 9.83. The molecule has 0 saturated heterocycles. The van der Waals surface area contributed by atoms with Crippen LogP contribution in [0, 0.1) is 11.3 Å². The van der Waals surface area contributed by atoms with E-state index in [0.717, 1.165) is 18.8 Å². The summed E-state index contributed by atoms with van der Waals surface area (Å²) in [6, 6.07) is 8.34. The molecule has 0 amide bonds. The highest BCUT2D eigenvalue weighted by atomic mass is 16.5. The Morgan fingerprint density at radius 3 is 2.33 bits per heavy atom. The van der Waals surface area contributed by atoms with Crippen LogP contribution in [0.15, 0.2) is 24.3 Å². The number of nitrogens with zero attached hydrogens (tertiary/aromatic N) is 1. The molecule has 0 radical (unpaired) electrons. The van der Waals surface area contributed by atoms with Gasteiger partial charge in [0, 0.05) is 18.6 Å². The zero-order valence-electron chi connectivity index (χ0n) is 14.1. The third kappa shape index (κ3) is 3.24. The maximum absolute atomic E-state index is 6.22. The van der Waals surface area contributed by atoms with Crippen LogP contribution < -0.4 is 10.5 Å². The topological polar surface area (TPSA) is 38.5 Å². The van der Waals surface area contributed by atoms with Crippen molar-refractivity contribution < 1.29 is 4.74 Å². The Bertz CT molecular complexity index is 469. The minimum absolute atomic E-state index is 0.115. The smallest absolute Gasteiger partial charge is 0.118 e. The zero-order chi connectivity index (χ0) is 15.7. The van der Waals surface area contributed by atoms with Gasteiger partial charge in [-0.1, -0.05) is 32.9 Å². The standard InChI is InChI=1S/C18H30N2O/c1-14-10-17(2,3)12-18(14,13-19)20(4)11-15-6-8-16(21-5)9-7-15/h6-9,14H,10-13,19H2,1-5H3. The number of rotatable bonds is 5. The van der Waals surface area contributed by atoms with E-state index in [0.29, 0.717) is 11.3 Å². The van der Waals surface area contributed by atoms with Crippen LogP contribution in [0.3, 0.4) is 0 Å². The molecule has 3 heteroatoms. The Labute approximate surface area is 129 Å². The van der Waals surface area contributed by atoms with Crippen molar-refractivity contribution in [1.82, 2.24) is 4.90 Å². The molecule has 118 valence electrons. The first kappa shape index (κ1) is 16.3. The van der Waals surface area contributed by atoms with Gasteiger partial charge in [0.1, 0.15) is 5.75 Å². The van der Waals surface area contributed by atoms with Crippen LogP contribution in [0.4, 0.5) is 0 Å². The van der Waals surface area contributed by atoms with Gasteiger partial charge in [-0.15, -0.1) is 0 Å². The van der Waals surface area contributed by atoms with E-state index in [4.69, 9.17) is 10.5 Å². The van der Waals surface area contributed by atoms with E-state index in [1.54, 1.807) is 7.11 Å². The molecule has 2 atom stereocenters. The monoisotopic (exact) mass is 290 g/mol. The van der Waals surface area contributed by atoms with Crippen molar-refractivity contribution in [2.75, 3.05) is 20.7 Å². The average Bonchev–Trinajstić information content (AvgIpc) is 2.69. The summed E-state index contributed by atoms with van der Waals surface area (Å²) in [5, 5.41) is 0. The normalized spacial score (nSPS) is 28.0. The van der Waals surface area contributed by atoms with Crippen molar-refractivity contribution in [3.05, 3.63) is 29.8 Å². The van der Waals surface area contributed by atoms with Crippen molar-refractivity contribution in [1.29, 1.82) is 0 Å². The summed E-state index contributed by atoms with van der Waals surface area (Å²) in [6.07, 6.45) is 2.42. The SMILES string of the molecule is COc1ccc(CN(C)C2(CN)CC(C)(C)CC2C)cc1. The number of ether oxygens (including phenoxy) is 1. The molecule has 1 aromatic rings. The highest BCUT2D eigenvalue weighted by Gasteiger charge is 2.49. The average molecular weight is 290 g/mol. The highest BCUT2D eigenvalue weighted by molar-refractivity contribution is 5.27. The second-order valence-corrected chi connectivity index (χ2v) is 7.46. The highest BCUT2D eigenvalue weighted by Crippen LogP contribution is 2.49. The van der Waals surface area contributed by atoms with E-state index < -0.39 is 0 Å². The number of benzene rings is 1. The molecular weight excluding hydrogens is 260 g/mol. The lowest BCUT2D eigenvalue weighted by molar-refractivity contribution is 0.0786. The molecule has 0 heterocycles. The van der Waals surface area contributed by atoms with E-state index in [-0.39, 0.29) is 5.54 Å². The van der Waals surface area contributed by atoms with Crippen LogP contribution in [-0.2, 0) is 6.54 Å². The molecule has 1 aliphatic carbocycles. The molecule has 1 aliphatic rings. The Morgan fingerprint density at radius 1 is 1.29 bits per heavy atom. The lowest BCUT2D eigenvalue weighted by Crippen LogP contribution is -2.54. The molecule has 0 bridgehead atoms. The molecule has 0 spiro atoms. The molecule has 1 aromatic carbocycles. The molecule has 0 aromatic heterocycles. The van der Waals surface area contributed by atoms with Gasteiger partial charge < -0.3 is 10.5 Å². The summed E-state index contributed by atoms with van der Waals surface area (Å²) < 4.78 is 5.23. The fourth-order valence-electron chi connectivity index (χ4n) is 4.20. The van der Waals surface area contributed by atoms with Crippen molar-refractivity contribution in [3.8, 4) is 5.75 Å². The molecule has 3 nitrogen and oxygen atoms in total. The van der Waals surface area contributed by atoms with Crippen LogP contribution in [0.5, 0.6) is 5.75 Å². The van der Waals surface area contributed by atoms with E-state index in [2.05, 4.69) is 44.9 Å². The number of hydrogen-bond donors (Lipinski definition) is 1. The van der Waals surface area contributed by atoms with Gasteiger partial charge in [0.2, 0.25) is 0 Å². The van der Waals surface area contributed by atoms with Crippen molar-refractivity contribution >= 4 is 0 Å². The van der Waals surface area contributed by atoms with Crippen molar-refractivity contribution in [2.24, 2.45) is 17.1 Å². The maximum atomic E-state index is 6.22. The summed E-state index contributed by atoms with van der Waals surface area (Å²) >= 11 is 0. The van der Waals surface area contributed by atoms with E-state index in [9.17, 15) is 0 Å².